The first kappa shape index (κ1) is 18.4. The number of methoxy groups -OCH3 is 2. The summed E-state index contributed by atoms with van der Waals surface area (Å²) in [6.45, 7) is 2.00. The van der Waals surface area contributed by atoms with Gasteiger partial charge in [0.15, 0.2) is 11.6 Å². The maximum Gasteiger partial charge on any atom is 0.341 e. The fourth-order valence-electron chi connectivity index (χ4n) is 2.77. The molecule has 1 aromatic heterocycles. The minimum atomic E-state index is -0.468. The number of benzene rings is 2. The number of halogens is 1. The third-order valence-electron chi connectivity index (χ3n) is 4.02. The largest absolute Gasteiger partial charge is 0.495 e. The van der Waals surface area contributed by atoms with Crippen LogP contribution in [0.5, 0.6) is 11.5 Å². The van der Waals surface area contributed by atoms with Crippen molar-refractivity contribution in [3.8, 4) is 11.5 Å². The van der Waals surface area contributed by atoms with E-state index in [4.69, 9.17) is 14.2 Å². The van der Waals surface area contributed by atoms with Gasteiger partial charge in [-0.2, -0.15) is 5.10 Å². The maximum atomic E-state index is 13.9. The molecular weight excluding hydrogens is 351 g/mol. The standard InChI is InChI=1S/C20H19FN2O4/c1-4-27-20(24)13-7-9-16-18(19(13)26-3)15(22-23-16)8-5-12-6-10-17(25-2)14(21)11-12/h5-11H,4H2,1-3H3,(H,22,23)/b8-5+. The summed E-state index contributed by atoms with van der Waals surface area (Å²) in [5, 5.41) is 7.78. The lowest BCUT2D eigenvalue weighted by molar-refractivity contribution is 0.0523. The summed E-state index contributed by atoms with van der Waals surface area (Å²) in [7, 11) is 2.90. The van der Waals surface area contributed by atoms with Crippen molar-refractivity contribution in [1.82, 2.24) is 10.2 Å². The fraction of sp³-hybridized carbons (Fsp3) is 0.200. The van der Waals surface area contributed by atoms with Crippen LogP contribution in [0.3, 0.4) is 0 Å². The molecular formula is C20H19FN2O4. The molecule has 1 heterocycles. The van der Waals surface area contributed by atoms with Gasteiger partial charge in [0, 0.05) is 0 Å². The van der Waals surface area contributed by atoms with Crippen molar-refractivity contribution in [2.45, 2.75) is 6.92 Å². The molecule has 3 rings (SSSR count). The number of aromatic amines is 1. The van der Waals surface area contributed by atoms with Gasteiger partial charge in [0.05, 0.1) is 37.4 Å². The predicted molar refractivity (Wildman–Crippen MR) is 100 cm³/mol. The summed E-state index contributed by atoms with van der Waals surface area (Å²) in [6.07, 6.45) is 3.47. The predicted octanol–water partition coefficient (Wildman–Crippen LogP) is 4.07. The number of ether oxygens (including phenoxy) is 3. The van der Waals surface area contributed by atoms with Crippen LogP contribution < -0.4 is 9.47 Å². The molecule has 0 aliphatic rings. The zero-order valence-electron chi connectivity index (χ0n) is 15.2. The first-order valence-electron chi connectivity index (χ1n) is 8.32. The van der Waals surface area contributed by atoms with Crippen molar-refractivity contribution in [1.29, 1.82) is 0 Å². The number of aromatic nitrogens is 2. The monoisotopic (exact) mass is 370 g/mol. The summed E-state index contributed by atoms with van der Waals surface area (Å²) in [6, 6.07) is 7.99. The Hall–Kier alpha value is -3.35. The number of esters is 1. The molecule has 0 bridgehead atoms. The summed E-state index contributed by atoms with van der Waals surface area (Å²) in [5.41, 5.74) is 2.24. The quantitative estimate of drug-likeness (QED) is 0.662. The number of H-pyrrole nitrogens is 1. The highest BCUT2D eigenvalue weighted by atomic mass is 19.1. The first-order chi connectivity index (χ1) is 13.1. The molecule has 27 heavy (non-hydrogen) atoms. The molecule has 140 valence electrons. The van der Waals surface area contributed by atoms with Crippen molar-refractivity contribution in [3.63, 3.8) is 0 Å². The Morgan fingerprint density at radius 3 is 2.67 bits per heavy atom. The van der Waals surface area contributed by atoms with Crippen LogP contribution in [-0.4, -0.2) is 37.0 Å². The molecule has 0 saturated heterocycles. The van der Waals surface area contributed by atoms with Gasteiger partial charge in [-0.25, -0.2) is 9.18 Å². The number of nitrogens with one attached hydrogen (secondary N) is 1. The van der Waals surface area contributed by atoms with Gasteiger partial charge < -0.3 is 14.2 Å². The van der Waals surface area contributed by atoms with Gasteiger partial charge in [-0.05, 0) is 42.8 Å². The molecule has 0 radical (unpaired) electrons. The lowest BCUT2D eigenvalue weighted by Gasteiger charge is -2.09. The van der Waals surface area contributed by atoms with E-state index < -0.39 is 11.8 Å². The van der Waals surface area contributed by atoms with Crippen LogP contribution in [0.4, 0.5) is 4.39 Å². The molecule has 3 aromatic rings. The summed E-state index contributed by atoms with van der Waals surface area (Å²) >= 11 is 0. The van der Waals surface area contributed by atoms with Gasteiger partial charge >= 0.3 is 5.97 Å². The molecule has 0 fully saturated rings. The Labute approximate surface area is 155 Å². The number of carbonyl (C=O) groups is 1. The number of hydrogen-bond donors (Lipinski definition) is 1. The minimum Gasteiger partial charge on any atom is -0.495 e. The van der Waals surface area contributed by atoms with E-state index in [0.717, 1.165) is 0 Å². The number of rotatable bonds is 6. The van der Waals surface area contributed by atoms with Crippen molar-refractivity contribution in [3.05, 3.63) is 53.0 Å². The van der Waals surface area contributed by atoms with E-state index >= 15 is 0 Å². The number of nitrogens with zero attached hydrogens (tertiary/aromatic N) is 1. The van der Waals surface area contributed by atoms with Gasteiger partial charge in [0.25, 0.3) is 0 Å². The van der Waals surface area contributed by atoms with E-state index in [1.807, 2.05) is 0 Å². The highest BCUT2D eigenvalue weighted by molar-refractivity contribution is 6.03. The second-order valence-electron chi connectivity index (χ2n) is 5.63. The van der Waals surface area contributed by atoms with Crippen LogP contribution in [0.25, 0.3) is 23.1 Å². The molecule has 1 N–H and O–H groups in total. The average Bonchev–Trinajstić information content (AvgIpc) is 3.09. The van der Waals surface area contributed by atoms with Crippen LogP contribution >= 0.6 is 0 Å². The van der Waals surface area contributed by atoms with E-state index in [1.165, 1.54) is 20.3 Å². The molecule has 0 saturated carbocycles. The molecule has 0 aliphatic carbocycles. The lowest BCUT2D eigenvalue weighted by atomic mass is 10.1. The van der Waals surface area contributed by atoms with Crippen LogP contribution in [0.15, 0.2) is 30.3 Å². The van der Waals surface area contributed by atoms with Gasteiger partial charge in [-0.1, -0.05) is 12.1 Å². The van der Waals surface area contributed by atoms with E-state index in [0.29, 0.717) is 33.5 Å². The Morgan fingerprint density at radius 1 is 1.19 bits per heavy atom. The highest BCUT2D eigenvalue weighted by Crippen LogP contribution is 2.32. The van der Waals surface area contributed by atoms with Crippen molar-refractivity contribution < 1.29 is 23.4 Å². The van der Waals surface area contributed by atoms with E-state index in [9.17, 15) is 9.18 Å². The minimum absolute atomic E-state index is 0.180. The van der Waals surface area contributed by atoms with Crippen LogP contribution in [0.1, 0.15) is 28.5 Å². The molecule has 0 spiro atoms. The molecule has 7 heteroatoms. The zero-order valence-corrected chi connectivity index (χ0v) is 15.2. The highest BCUT2D eigenvalue weighted by Gasteiger charge is 2.19. The maximum absolute atomic E-state index is 13.9. The molecule has 0 atom stereocenters. The number of carbonyl (C=O) groups excluding carboxylic acids is 1. The number of hydrogen-bond acceptors (Lipinski definition) is 5. The van der Waals surface area contributed by atoms with Crippen LogP contribution in [0, 0.1) is 5.82 Å². The Balaban J connectivity index is 2.03. The van der Waals surface area contributed by atoms with Gasteiger partial charge in [-0.3, -0.25) is 5.10 Å². The normalized spacial score (nSPS) is 11.1. The van der Waals surface area contributed by atoms with E-state index in [-0.39, 0.29) is 12.4 Å². The average molecular weight is 370 g/mol. The van der Waals surface area contributed by atoms with Crippen LogP contribution in [-0.2, 0) is 4.74 Å². The van der Waals surface area contributed by atoms with Crippen molar-refractivity contribution in [2.24, 2.45) is 0 Å². The van der Waals surface area contributed by atoms with Gasteiger partial charge in [-0.15, -0.1) is 0 Å². The Morgan fingerprint density at radius 2 is 2.00 bits per heavy atom. The second-order valence-corrected chi connectivity index (χ2v) is 5.63. The summed E-state index contributed by atoms with van der Waals surface area (Å²) < 4.78 is 29.3. The van der Waals surface area contributed by atoms with Crippen LogP contribution in [0.2, 0.25) is 0 Å². The zero-order chi connectivity index (χ0) is 19.4. The summed E-state index contributed by atoms with van der Waals surface area (Å²) in [4.78, 5) is 12.2. The molecule has 0 amide bonds. The van der Waals surface area contributed by atoms with Gasteiger partial charge in [0.1, 0.15) is 11.3 Å². The smallest absolute Gasteiger partial charge is 0.341 e. The second kappa shape index (κ2) is 7.90. The Kier molecular flexibility index (Phi) is 5.40. The summed E-state index contributed by atoms with van der Waals surface area (Å²) in [5.74, 6) is -0.360. The molecule has 6 nitrogen and oxygen atoms in total. The molecule has 0 aliphatic heterocycles. The Bertz CT molecular complexity index is 1010. The third kappa shape index (κ3) is 3.62. The van der Waals surface area contributed by atoms with E-state index in [1.54, 1.807) is 43.3 Å². The fourth-order valence-corrected chi connectivity index (χ4v) is 2.77. The molecule has 0 unspecified atom stereocenters. The number of fused-ring (bicyclic) bond motifs is 1. The SMILES string of the molecule is CCOC(=O)c1ccc2n[nH]c(/C=C/c3ccc(OC)c(F)c3)c2c1OC. The topological polar surface area (TPSA) is 73.4 Å². The van der Waals surface area contributed by atoms with E-state index in [2.05, 4.69) is 10.2 Å². The third-order valence-corrected chi connectivity index (χ3v) is 4.02. The lowest BCUT2D eigenvalue weighted by Crippen LogP contribution is -2.07. The van der Waals surface area contributed by atoms with Crippen molar-refractivity contribution in [2.75, 3.05) is 20.8 Å². The van der Waals surface area contributed by atoms with Gasteiger partial charge in [0.2, 0.25) is 0 Å². The van der Waals surface area contributed by atoms with Crippen molar-refractivity contribution >= 4 is 29.0 Å². The molecule has 2 aromatic carbocycles. The first-order valence-corrected chi connectivity index (χ1v) is 8.32.